The SMILES string of the molecule is CCC[S+](C1CC(F)(F)C1(F)Cl)P(=O)([O-])OCC. The van der Waals surface area contributed by atoms with Crippen LogP contribution in [0.3, 0.4) is 0 Å². The predicted octanol–water partition coefficient (Wildman–Crippen LogP) is 2.83. The second-order valence-electron chi connectivity index (χ2n) is 3.99. The van der Waals surface area contributed by atoms with E-state index in [2.05, 4.69) is 4.52 Å². The third-order valence-electron chi connectivity index (χ3n) is 2.65. The number of hydrogen-bond acceptors (Lipinski definition) is 3. The highest BCUT2D eigenvalue weighted by atomic mass is 35.5. The molecule has 3 nitrogen and oxygen atoms in total. The van der Waals surface area contributed by atoms with E-state index in [1.54, 1.807) is 6.92 Å². The summed E-state index contributed by atoms with van der Waals surface area (Å²) in [6, 6.07) is 0. The van der Waals surface area contributed by atoms with E-state index in [1.807, 2.05) is 0 Å². The lowest BCUT2D eigenvalue weighted by Crippen LogP contribution is -2.64. The van der Waals surface area contributed by atoms with Crippen LogP contribution in [0.25, 0.3) is 0 Å². The van der Waals surface area contributed by atoms with Gasteiger partial charge in [-0.15, -0.1) is 0 Å². The summed E-state index contributed by atoms with van der Waals surface area (Å²) in [5.41, 5.74) is 0. The lowest BCUT2D eigenvalue weighted by atomic mass is 9.90. The van der Waals surface area contributed by atoms with Gasteiger partial charge in [0.05, 0.1) is 23.5 Å². The summed E-state index contributed by atoms with van der Waals surface area (Å²) in [5.74, 6) is -3.59. The van der Waals surface area contributed by atoms with Gasteiger partial charge < -0.3 is 9.42 Å². The van der Waals surface area contributed by atoms with E-state index in [-0.39, 0.29) is 12.4 Å². The van der Waals surface area contributed by atoms with Crippen LogP contribution < -0.4 is 4.89 Å². The lowest BCUT2D eigenvalue weighted by Gasteiger charge is -2.45. The third-order valence-corrected chi connectivity index (χ3v) is 9.79. The van der Waals surface area contributed by atoms with Crippen molar-refractivity contribution in [1.29, 1.82) is 0 Å². The molecule has 4 atom stereocenters. The van der Waals surface area contributed by atoms with Crippen LogP contribution in [0.2, 0.25) is 0 Å². The van der Waals surface area contributed by atoms with Crippen molar-refractivity contribution in [3.63, 3.8) is 0 Å². The Bertz CT molecular complexity index is 356. The van der Waals surface area contributed by atoms with E-state index >= 15 is 0 Å². The highest BCUT2D eigenvalue weighted by molar-refractivity contribution is 8.51. The van der Waals surface area contributed by atoms with Crippen molar-refractivity contribution in [2.45, 2.75) is 43.0 Å². The van der Waals surface area contributed by atoms with Crippen molar-refractivity contribution in [1.82, 2.24) is 0 Å². The molecule has 1 rings (SSSR count). The summed E-state index contributed by atoms with van der Waals surface area (Å²) in [6.07, 6.45) is -0.424. The minimum absolute atomic E-state index is 0.0832. The van der Waals surface area contributed by atoms with Gasteiger partial charge in [-0.25, -0.2) is 17.7 Å². The average molecular weight is 327 g/mol. The van der Waals surface area contributed by atoms with Gasteiger partial charge in [-0.05, 0) is 13.3 Å². The van der Waals surface area contributed by atoms with Crippen molar-refractivity contribution >= 4 is 28.9 Å². The summed E-state index contributed by atoms with van der Waals surface area (Å²) in [6.45, 7) is -1.30. The number of alkyl halides is 4. The highest BCUT2D eigenvalue weighted by Crippen LogP contribution is 2.63. The normalized spacial score (nSPS) is 35.6. The van der Waals surface area contributed by atoms with Crippen LogP contribution in [0.5, 0.6) is 0 Å². The Morgan fingerprint density at radius 1 is 1.50 bits per heavy atom. The molecule has 0 N–H and O–H groups in total. The monoisotopic (exact) mass is 326 g/mol. The van der Waals surface area contributed by atoms with Crippen molar-refractivity contribution in [3.05, 3.63) is 0 Å². The van der Waals surface area contributed by atoms with Gasteiger partial charge in [0.15, 0.2) is 5.25 Å². The number of halogens is 4. The van der Waals surface area contributed by atoms with Crippen molar-refractivity contribution < 1.29 is 27.2 Å². The first-order valence-corrected chi connectivity index (χ1v) is 9.50. The maximum Gasteiger partial charge on any atom is 0.342 e. The molecule has 0 spiro atoms. The molecular weight excluding hydrogens is 312 g/mol. The van der Waals surface area contributed by atoms with Gasteiger partial charge in [0.1, 0.15) is 5.75 Å². The van der Waals surface area contributed by atoms with Gasteiger partial charge in [0.2, 0.25) is 0 Å². The smallest absolute Gasteiger partial charge is 0.342 e. The lowest BCUT2D eigenvalue weighted by molar-refractivity contribution is -0.190. The van der Waals surface area contributed by atoms with Crippen LogP contribution in [0, 0.1) is 0 Å². The Labute approximate surface area is 112 Å². The first kappa shape index (κ1) is 16.6. The molecule has 1 aliphatic carbocycles. The van der Waals surface area contributed by atoms with Crippen LogP contribution in [0.15, 0.2) is 0 Å². The molecule has 4 unspecified atom stereocenters. The standard InChI is InChI=1S/C9H15ClF3O3PS/c1-3-5-18(17(14,15)16-4-2)7-6-8(11,12)9(7,10)13/h7H,3-6H2,1-2H3. The first-order chi connectivity index (χ1) is 8.10. The van der Waals surface area contributed by atoms with Gasteiger partial charge in [0, 0.05) is 0 Å². The maximum atomic E-state index is 13.7. The van der Waals surface area contributed by atoms with E-state index in [0.29, 0.717) is 6.42 Å². The molecule has 1 saturated carbocycles. The van der Waals surface area contributed by atoms with Gasteiger partial charge in [-0.3, -0.25) is 0 Å². The minimum Gasteiger partial charge on any atom is -0.736 e. The summed E-state index contributed by atoms with van der Waals surface area (Å²) >= 11 is 5.17. The minimum atomic E-state index is -4.36. The summed E-state index contributed by atoms with van der Waals surface area (Å²) < 4.78 is 56.1. The Hall–Kier alpha value is 0.580. The van der Waals surface area contributed by atoms with Crippen LogP contribution in [0.4, 0.5) is 13.2 Å². The quantitative estimate of drug-likeness (QED) is 0.428. The number of hydrogen-bond donors (Lipinski definition) is 0. The van der Waals surface area contributed by atoms with Gasteiger partial charge in [-0.1, -0.05) is 18.5 Å². The van der Waals surface area contributed by atoms with Crippen molar-refractivity contribution in [2.24, 2.45) is 0 Å². The molecule has 0 aromatic rings. The molecule has 0 amide bonds. The molecule has 1 aliphatic rings. The Kier molecular flexibility index (Phi) is 5.10. The average Bonchev–Trinajstić information content (AvgIpc) is 2.23. The van der Waals surface area contributed by atoms with E-state index < -0.39 is 40.0 Å². The molecule has 0 aliphatic heterocycles. The Balaban J connectivity index is 2.92. The Morgan fingerprint density at radius 2 is 2.06 bits per heavy atom. The fourth-order valence-electron chi connectivity index (χ4n) is 1.71. The summed E-state index contributed by atoms with van der Waals surface area (Å²) in [5, 5.41) is -4.69. The van der Waals surface area contributed by atoms with Gasteiger partial charge >= 0.3 is 12.7 Å². The Morgan fingerprint density at radius 3 is 2.39 bits per heavy atom. The fraction of sp³-hybridized carbons (Fsp3) is 1.00. The van der Waals surface area contributed by atoms with Crippen molar-refractivity contribution in [2.75, 3.05) is 12.4 Å². The highest BCUT2D eigenvalue weighted by Gasteiger charge is 2.77. The molecule has 0 aromatic heterocycles. The molecule has 0 aromatic carbocycles. The zero-order valence-electron chi connectivity index (χ0n) is 10.00. The van der Waals surface area contributed by atoms with Crippen molar-refractivity contribution in [3.8, 4) is 0 Å². The van der Waals surface area contributed by atoms with Crippen LogP contribution in [-0.4, -0.2) is 28.7 Å². The van der Waals surface area contributed by atoms with E-state index in [0.717, 1.165) is 0 Å². The van der Waals surface area contributed by atoms with Gasteiger partial charge in [-0.2, -0.15) is 0 Å². The van der Waals surface area contributed by atoms with Gasteiger partial charge in [0.25, 0.3) is 5.13 Å². The number of rotatable bonds is 6. The molecular formula is C9H15ClF3O3PS. The molecule has 1 fully saturated rings. The third kappa shape index (κ3) is 2.85. The molecule has 0 heterocycles. The predicted molar refractivity (Wildman–Crippen MR) is 64.8 cm³/mol. The van der Waals surface area contributed by atoms with Crippen LogP contribution in [-0.2, 0) is 19.6 Å². The largest absolute Gasteiger partial charge is 0.736 e. The zero-order valence-corrected chi connectivity index (χ0v) is 12.5. The van der Waals surface area contributed by atoms with Crippen LogP contribution >= 0.6 is 18.4 Å². The molecule has 108 valence electrons. The second-order valence-corrected chi connectivity index (χ2v) is 10.2. The molecule has 9 heteroatoms. The topological polar surface area (TPSA) is 49.4 Å². The summed E-state index contributed by atoms with van der Waals surface area (Å²) in [7, 11) is -1.62. The maximum absolute atomic E-state index is 13.7. The van der Waals surface area contributed by atoms with E-state index in [1.165, 1.54) is 6.92 Å². The van der Waals surface area contributed by atoms with E-state index in [9.17, 15) is 22.6 Å². The van der Waals surface area contributed by atoms with Crippen LogP contribution in [0.1, 0.15) is 26.7 Å². The fourth-order valence-corrected chi connectivity index (χ4v) is 8.52. The molecule has 0 saturated heterocycles. The second kappa shape index (κ2) is 5.52. The molecule has 0 bridgehead atoms. The zero-order chi connectivity index (χ0) is 14.2. The molecule has 18 heavy (non-hydrogen) atoms. The summed E-state index contributed by atoms with van der Waals surface area (Å²) in [4.78, 5) is 11.8. The molecule has 0 radical (unpaired) electrons. The first-order valence-electron chi connectivity index (χ1n) is 5.51. The van der Waals surface area contributed by atoms with E-state index in [4.69, 9.17) is 11.6 Å².